The summed E-state index contributed by atoms with van der Waals surface area (Å²) in [6.07, 6.45) is 12.6. The molecule has 0 radical (unpaired) electrons. The lowest BCUT2D eigenvalue weighted by Crippen LogP contribution is -2.35. The predicted octanol–water partition coefficient (Wildman–Crippen LogP) is 1.10. The van der Waals surface area contributed by atoms with Gasteiger partial charge in [0.1, 0.15) is 20.2 Å². The van der Waals surface area contributed by atoms with Crippen molar-refractivity contribution in [3.05, 3.63) is 11.9 Å². The van der Waals surface area contributed by atoms with Crippen LogP contribution in [0.15, 0.2) is 6.20 Å². The first-order valence-corrected chi connectivity index (χ1v) is 8.22. The second-order valence-electron chi connectivity index (χ2n) is 5.52. The van der Waals surface area contributed by atoms with Crippen LogP contribution in [0.5, 0.6) is 0 Å². The number of carboxylic acid groups (broad SMARTS) is 1. The third-order valence-electron chi connectivity index (χ3n) is 3.37. The largest absolute Gasteiger partial charge is 0.550 e. The summed E-state index contributed by atoms with van der Waals surface area (Å²) in [5.41, 5.74) is 0.870. The molecule has 6 heteroatoms. The van der Waals surface area contributed by atoms with Crippen LogP contribution in [-0.2, 0) is 25.0 Å². The zero-order chi connectivity index (χ0) is 16.8. The number of aliphatic hydroxyl groups is 1. The number of unbranched alkanes of at least 4 members (excludes halogenated alkanes) is 7. The van der Waals surface area contributed by atoms with E-state index in [-0.39, 0.29) is 6.61 Å². The summed E-state index contributed by atoms with van der Waals surface area (Å²) in [6.45, 7) is 4.25. The Balaban J connectivity index is 0.000000980. The van der Waals surface area contributed by atoms with Crippen LogP contribution in [0.1, 0.15) is 70.9 Å². The van der Waals surface area contributed by atoms with Crippen molar-refractivity contribution in [2.75, 3.05) is 0 Å². The van der Waals surface area contributed by atoms with Crippen LogP contribution in [0, 0.1) is 0 Å². The van der Waals surface area contributed by atoms with Gasteiger partial charge in [0.2, 0.25) is 0 Å². The van der Waals surface area contributed by atoms with Gasteiger partial charge in [-0.05, 0) is 19.8 Å². The first kappa shape index (κ1) is 20.6. The minimum atomic E-state index is -1.08. The van der Waals surface area contributed by atoms with Gasteiger partial charge in [0.05, 0.1) is 5.21 Å². The number of hydrogen-bond donors (Lipinski definition) is 1. The number of carbonyl (C=O) groups excluding carboxylic acids is 1. The topological polar surface area (TPSA) is 82.1 Å². The van der Waals surface area contributed by atoms with Crippen molar-refractivity contribution >= 4 is 5.97 Å². The van der Waals surface area contributed by atoms with Crippen molar-refractivity contribution in [1.82, 2.24) is 9.90 Å². The van der Waals surface area contributed by atoms with Crippen LogP contribution < -0.4 is 9.79 Å². The van der Waals surface area contributed by atoms with Gasteiger partial charge in [0.15, 0.2) is 11.9 Å². The van der Waals surface area contributed by atoms with Crippen LogP contribution in [0.4, 0.5) is 0 Å². The van der Waals surface area contributed by atoms with Gasteiger partial charge in [-0.3, -0.25) is 0 Å². The smallest absolute Gasteiger partial charge is 0.192 e. The molecule has 0 unspecified atom stereocenters. The van der Waals surface area contributed by atoms with E-state index in [0.717, 1.165) is 19.2 Å². The summed E-state index contributed by atoms with van der Waals surface area (Å²) >= 11 is 0. The molecule has 0 spiro atoms. The summed E-state index contributed by atoms with van der Waals surface area (Å²) in [5.74, 6) is -1.08. The van der Waals surface area contributed by atoms with Crippen LogP contribution in [-0.4, -0.2) is 21.0 Å². The van der Waals surface area contributed by atoms with E-state index in [2.05, 4.69) is 12.1 Å². The lowest BCUT2D eigenvalue weighted by molar-refractivity contribution is -0.755. The van der Waals surface area contributed by atoms with Crippen LogP contribution in [0.2, 0.25) is 0 Å². The Morgan fingerprint density at radius 1 is 1.23 bits per heavy atom. The average molecular weight is 313 g/mol. The monoisotopic (exact) mass is 313 g/mol. The third-order valence-corrected chi connectivity index (χ3v) is 3.37. The molecule has 0 saturated carbocycles. The van der Waals surface area contributed by atoms with Crippen molar-refractivity contribution in [2.24, 2.45) is 7.05 Å². The fraction of sp³-hybridized carbons (Fsp3) is 0.812. The lowest BCUT2D eigenvalue weighted by atomic mass is 10.1. The molecule has 0 atom stereocenters. The van der Waals surface area contributed by atoms with Crippen LogP contribution in [0.25, 0.3) is 0 Å². The first-order chi connectivity index (χ1) is 10.5. The van der Waals surface area contributed by atoms with E-state index >= 15 is 0 Å². The quantitative estimate of drug-likeness (QED) is 0.518. The molecule has 1 heterocycles. The minimum absolute atomic E-state index is 0.0634. The molecule has 1 aromatic rings. The Kier molecular flexibility index (Phi) is 12.4. The molecule has 1 N–H and O–H groups in total. The summed E-state index contributed by atoms with van der Waals surface area (Å²) in [6, 6.07) is 0. The number of aromatic nitrogens is 3. The molecule has 22 heavy (non-hydrogen) atoms. The van der Waals surface area contributed by atoms with E-state index in [1.807, 2.05) is 17.9 Å². The molecule has 0 amide bonds. The van der Waals surface area contributed by atoms with Gasteiger partial charge in [-0.15, -0.1) is 9.36 Å². The Morgan fingerprint density at radius 3 is 2.18 bits per heavy atom. The minimum Gasteiger partial charge on any atom is -0.550 e. The van der Waals surface area contributed by atoms with Gasteiger partial charge in [0.25, 0.3) is 0 Å². The molecule has 0 fully saturated rings. The van der Waals surface area contributed by atoms with Crippen molar-refractivity contribution in [3.8, 4) is 0 Å². The van der Waals surface area contributed by atoms with E-state index < -0.39 is 5.97 Å². The van der Waals surface area contributed by atoms with E-state index in [1.54, 1.807) is 4.68 Å². The van der Waals surface area contributed by atoms with Crippen LogP contribution in [0.3, 0.4) is 0 Å². The molecule has 0 aliphatic heterocycles. The second-order valence-corrected chi connectivity index (χ2v) is 5.52. The summed E-state index contributed by atoms with van der Waals surface area (Å²) in [5, 5.41) is 22.3. The number of carbonyl (C=O) groups is 1. The molecule has 0 bridgehead atoms. The summed E-state index contributed by atoms with van der Waals surface area (Å²) in [7, 11) is 1.87. The number of aryl methyl sites for hydroxylation is 2. The highest BCUT2D eigenvalue weighted by molar-refractivity contribution is 5.60. The molecular formula is C16H31N3O3. The fourth-order valence-corrected chi connectivity index (χ4v) is 2.17. The second kappa shape index (κ2) is 13.2. The van der Waals surface area contributed by atoms with Crippen molar-refractivity contribution in [3.63, 3.8) is 0 Å². The molecule has 1 aromatic heterocycles. The Bertz CT molecular complexity index is 401. The lowest BCUT2D eigenvalue weighted by Gasteiger charge is -1.99. The number of nitrogens with zero attached hydrogens (tertiary/aromatic N) is 3. The van der Waals surface area contributed by atoms with Gasteiger partial charge in [-0.25, -0.2) is 0 Å². The van der Waals surface area contributed by atoms with Gasteiger partial charge in [0, 0.05) is 5.97 Å². The molecule has 128 valence electrons. The molecule has 0 aliphatic rings. The SMILES string of the molecule is CC(=O)[O-].CCCCCCCCCC[n+]1cc(CO)n(C)n1. The highest BCUT2D eigenvalue weighted by Crippen LogP contribution is 2.08. The van der Waals surface area contributed by atoms with Crippen LogP contribution >= 0.6 is 0 Å². The molecule has 0 aliphatic carbocycles. The number of hydrogen-bond acceptors (Lipinski definition) is 4. The average Bonchev–Trinajstić information content (AvgIpc) is 2.81. The normalized spacial score (nSPS) is 10.2. The molecular weight excluding hydrogens is 282 g/mol. The number of rotatable bonds is 10. The first-order valence-electron chi connectivity index (χ1n) is 8.22. The molecule has 0 aromatic carbocycles. The molecule has 0 saturated heterocycles. The fourth-order valence-electron chi connectivity index (χ4n) is 2.17. The number of aliphatic carboxylic acids is 1. The predicted molar refractivity (Wildman–Crippen MR) is 82.6 cm³/mol. The Labute approximate surface area is 133 Å². The van der Waals surface area contributed by atoms with Gasteiger partial charge in [-0.2, -0.15) is 0 Å². The highest BCUT2D eigenvalue weighted by Gasteiger charge is 2.10. The number of carboxylic acids is 1. The molecule has 1 rings (SSSR count). The van der Waals surface area contributed by atoms with E-state index in [9.17, 15) is 0 Å². The van der Waals surface area contributed by atoms with Crippen molar-refractivity contribution in [2.45, 2.75) is 78.4 Å². The van der Waals surface area contributed by atoms with E-state index in [0.29, 0.717) is 0 Å². The Morgan fingerprint density at radius 2 is 1.73 bits per heavy atom. The Hall–Kier alpha value is -1.43. The zero-order valence-corrected chi connectivity index (χ0v) is 14.3. The van der Waals surface area contributed by atoms with Gasteiger partial charge < -0.3 is 15.0 Å². The summed E-state index contributed by atoms with van der Waals surface area (Å²) in [4.78, 5) is 8.89. The summed E-state index contributed by atoms with van der Waals surface area (Å²) < 4.78 is 3.67. The standard InChI is InChI=1S/C14H28N3O.C2H4O2/c1-3-4-5-6-7-8-9-10-11-17-12-14(13-18)16(2)15-17;1-2(3)4/h12,18H,3-11,13H2,1-2H3;1H3,(H,3,4)/q+1;/p-1. The van der Waals surface area contributed by atoms with Gasteiger partial charge in [-0.1, -0.05) is 45.4 Å². The van der Waals surface area contributed by atoms with Crippen molar-refractivity contribution < 1.29 is 19.7 Å². The van der Waals surface area contributed by atoms with Crippen molar-refractivity contribution in [1.29, 1.82) is 0 Å². The maximum atomic E-state index is 9.07. The third kappa shape index (κ3) is 11.3. The maximum Gasteiger partial charge on any atom is 0.192 e. The highest BCUT2D eigenvalue weighted by atomic mass is 16.4. The number of aliphatic hydroxyl groups excluding tert-OH is 1. The van der Waals surface area contributed by atoms with E-state index in [1.165, 1.54) is 51.4 Å². The maximum absolute atomic E-state index is 9.07. The molecule has 6 nitrogen and oxygen atoms in total. The van der Waals surface area contributed by atoms with E-state index in [4.69, 9.17) is 15.0 Å². The zero-order valence-electron chi connectivity index (χ0n) is 14.3. The van der Waals surface area contributed by atoms with Gasteiger partial charge >= 0.3 is 0 Å².